The minimum absolute atomic E-state index is 0.378. The lowest BCUT2D eigenvalue weighted by Gasteiger charge is -2.08. The zero-order chi connectivity index (χ0) is 13.3. The lowest BCUT2D eigenvalue weighted by molar-refractivity contribution is -0.109. The number of rotatable bonds is 2. The highest BCUT2D eigenvalue weighted by molar-refractivity contribution is 7.95. The molecule has 0 amide bonds. The smallest absolute Gasteiger partial charge is 0.219 e. The second-order valence-electron chi connectivity index (χ2n) is 3.18. The summed E-state index contributed by atoms with van der Waals surface area (Å²) in [7, 11) is -4.44. The first kappa shape index (κ1) is 13.7. The van der Waals surface area contributed by atoms with Crippen molar-refractivity contribution in [2.24, 2.45) is 0 Å². The normalized spacial score (nSPS) is 14.4. The van der Waals surface area contributed by atoms with Crippen LogP contribution in [0.15, 0.2) is 46.0 Å². The van der Waals surface area contributed by atoms with E-state index in [0.29, 0.717) is 6.92 Å². The second-order valence-corrected chi connectivity index (χ2v) is 5.28. The third kappa shape index (κ3) is 2.85. The van der Waals surface area contributed by atoms with Crippen LogP contribution < -0.4 is 0 Å². The van der Waals surface area contributed by atoms with Crippen LogP contribution in [-0.4, -0.2) is 14.6 Å². The highest BCUT2D eigenvalue weighted by Crippen LogP contribution is 2.33. The van der Waals surface area contributed by atoms with Crippen LogP contribution >= 0.6 is 0 Å². The maximum Gasteiger partial charge on any atom is 0.443 e. The first-order valence-electron chi connectivity index (χ1n) is 4.41. The molecular formula is C10H8F4O2S. The minimum Gasteiger partial charge on any atom is -0.219 e. The quantitative estimate of drug-likeness (QED) is 0.772. The predicted molar refractivity (Wildman–Crippen MR) is 53.5 cm³/mol. The van der Waals surface area contributed by atoms with Gasteiger partial charge in [-0.05, 0) is 19.1 Å². The number of halogens is 4. The summed E-state index contributed by atoms with van der Waals surface area (Å²) in [4.78, 5) is -1.71. The first-order chi connectivity index (χ1) is 7.67. The predicted octanol–water partition coefficient (Wildman–Crippen LogP) is 3.22. The van der Waals surface area contributed by atoms with Crippen LogP contribution in [0, 0.1) is 0 Å². The molecule has 0 saturated heterocycles. The summed E-state index contributed by atoms with van der Waals surface area (Å²) in [6.45, 7) is 0.588. The average molecular weight is 268 g/mol. The molecule has 0 aliphatic heterocycles. The van der Waals surface area contributed by atoms with Gasteiger partial charge in [0.05, 0.1) is 9.80 Å². The Morgan fingerprint density at radius 3 is 2.00 bits per heavy atom. The SMILES string of the molecule is C/C(=C(/F)C(F)(F)F)S(=O)(=O)c1ccccc1. The molecule has 1 aromatic carbocycles. The molecule has 0 atom stereocenters. The van der Waals surface area contributed by atoms with Crippen molar-refractivity contribution in [3.8, 4) is 0 Å². The molecule has 0 aromatic heterocycles. The van der Waals surface area contributed by atoms with Crippen LogP contribution in [0.2, 0.25) is 0 Å². The number of hydrogen-bond donors (Lipinski definition) is 0. The number of allylic oxidation sites excluding steroid dienone is 2. The molecule has 0 fully saturated rings. The summed E-state index contributed by atoms with van der Waals surface area (Å²) in [5, 5.41) is 0. The molecule has 0 N–H and O–H groups in total. The molecule has 1 aromatic rings. The van der Waals surface area contributed by atoms with E-state index in [1.165, 1.54) is 18.2 Å². The van der Waals surface area contributed by atoms with Crippen LogP contribution in [-0.2, 0) is 9.84 Å². The van der Waals surface area contributed by atoms with Crippen molar-refractivity contribution in [2.75, 3.05) is 0 Å². The topological polar surface area (TPSA) is 34.1 Å². The number of sulfone groups is 1. The van der Waals surface area contributed by atoms with E-state index in [9.17, 15) is 26.0 Å². The summed E-state index contributed by atoms with van der Waals surface area (Å²) < 4.78 is 72.2. The van der Waals surface area contributed by atoms with Crippen molar-refractivity contribution in [1.29, 1.82) is 0 Å². The fourth-order valence-electron chi connectivity index (χ4n) is 1.09. The van der Waals surface area contributed by atoms with E-state index in [1.807, 2.05) is 0 Å². The van der Waals surface area contributed by atoms with Crippen molar-refractivity contribution >= 4 is 9.84 Å². The zero-order valence-corrected chi connectivity index (χ0v) is 9.44. The van der Waals surface area contributed by atoms with Crippen molar-refractivity contribution in [3.05, 3.63) is 41.1 Å². The van der Waals surface area contributed by atoms with Gasteiger partial charge >= 0.3 is 6.18 Å². The van der Waals surface area contributed by atoms with Crippen LogP contribution in [0.3, 0.4) is 0 Å². The number of benzene rings is 1. The Labute approximate surface area is 95.5 Å². The van der Waals surface area contributed by atoms with Crippen molar-refractivity contribution in [2.45, 2.75) is 18.0 Å². The molecule has 0 unspecified atom stereocenters. The Balaban J connectivity index is 3.36. The molecule has 1 rings (SSSR count). The van der Waals surface area contributed by atoms with Gasteiger partial charge in [0.25, 0.3) is 0 Å². The Morgan fingerprint density at radius 1 is 1.12 bits per heavy atom. The average Bonchev–Trinajstić information content (AvgIpc) is 2.27. The fraction of sp³-hybridized carbons (Fsp3) is 0.200. The van der Waals surface area contributed by atoms with Gasteiger partial charge in [-0.15, -0.1) is 0 Å². The first-order valence-corrected chi connectivity index (χ1v) is 5.89. The van der Waals surface area contributed by atoms with Gasteiger partial charge in [-0.2, -0.15) is 13.2 Å². The van der Waals surface area contributed by atoms with Crippen molar-refractivity contribution in [3.63, 3.8) is 0 Å². The van der Waals surface area contributed by atoms with Crippen molar-refractivity contribution in [1.82, 2.24) is 0 Å². The van der Waals surface area contributed by atoms with Crippen molar-refractivity contribution < 1.29 is 26.0 Å². The summed E-state index contributed by atoms with van der Waals surface area (Å²) in [6, 6.07) is 6.38. The highest BCUT2D eigenvalue weighted by atomic mass is 32.2. The van der Waals surface area contributed by atoms with E-state index in [2.05, 4.69) is 0 Å². The Hall–Kier alpha value is -1.37. The Kier molecular flexibility index (Phi) is 3.61. The van der Waals surface area contributed by atoms with Crippen LogP contribution in [0.4, 0.5) is 17.6 Å². The maximum absolute atomic E-state index is 12.9. The summed E-state index contributed by atoms with van der Waals surface area (Å²) in [6.07, 6.45) is -5.30. The zero-order valence-electron chi connectivity index (χ0n) is 8.62. The number of alkyl halides is 3. The third-order valence-electron chi connectivity index (χ3n) is 2.01. The van der Waals surface area contributed by atoms with Crippen LogP contribution in [0.25, 0.3) is 0 Å². The van der Waals surface area contributed by atoms with Gasteiger partial charge in [-0.25, -0.2) is 12.8 Å². The van der Waals surface area contributed by atoms with Gasteiger partial charge in [0.1, 0.15) is 0 Å². The standard InChI is InChI=1S/C10H8F4O2S/c1-7(9(11)10(12,13)14)17(15,16)8-5-3-2-4-6-8/h2-6H,1H3/b9-7-. The molecule has 0 bridgehead atoms. The lowest BCUT2D eigenvalue weighted by atomic mass is 10.4. The summed E-state index contributed by atoms with van der Waals surface area (Å²) in [5.74, 6) is -2.60. The Bertz CT molecular complexity index is 529. The summed E-state index contributed by atoms with van der Waals surface area (Å²) in [5.41, 5.74) is 0. The molecule has 0 heterocycles. The van der Waals surface area contributed by atoms with Gasteiger partial charge in [0.2, 0.25) is 15.7 Å². The molecule has 17 heavy (non-hydrogen) atoms. The molecule has 0 aliphatic rings. The molecular weight excluding hydrogens is 260 g/mol. The van der Waals surface area contributed by atoms with Crippen LogP contribution in [0.1, 0.15) is 6.92 Å². The fourth-order valence-corrected chi connectivity index (χ4v) is 2.31. The van der Waals surface area contributed by atoms with Crippen LogP contribution in [0.5, 0.6) is 0 Å². The van der Waals surface area contributed by atoms with Gasteiger partial charge in [-0.3, -0.25) is 0 Å². The van der Waals surface area contributed by atoms with E-state index in [4.69, 9.17) is 0 Å². The molecule has 94 valence electrons. The summed E-state index contributed by atoms with van der Waals surface area (Å²) >= 11 is 0. The van der Waals surface area contributed by atoms with Gasteiger partial charge in [-0.1, -0.05) is 18.2 Å². The minimum atomic E-state index is -5.30. The second kappa shape index (κ2) is 4.48. The molecule has 0 aliphatic carbocycles. The van der Waals surface area contributed by atoms with E-state index in [-0.39, 0.29) is 4.90 Å². The monoisotopic (exact) mass is 268 g/mol. The van der Waals surface area contributed by atoms with Gasteiger partial charge < -0.3 is 0 Å². The Morgan fingerprint density at radius 2 is 1.59 bits per heavy atom. The van der Waals surface area contributed by atoms with E-state index in [0.717, 1.165) is 12.1 Å². The molecule has 0 radical (unpaired) electrons. The van der Waals surface area contributed by atoms with E-state index in [1.54, 1.807) is 0 Å². The largest absolute Gasteiger partial charge is 0.443 e. The molecule has 2 nitrogen and oxygen atoms in total. The van der Waals surface area contributed by atoms with Gasteiger partial charge in [0.15, 0.2) is 0 Å². The highest BCUT2D eigenvalue weighted by Gasteiger charge is 2.39. The lowest BCUT2D eigenvalue weighted by Crippen LogP contribution is -2.14. The van der Waals surface area contributed by atoms with Gasteiger partial charge in [0, 0.05) is 0 Å². The number of hydrogen-bond acceptors (Lipinski definition) is 2. The molecule has 0 spiro atoms. The molecule has 7 heteroatoms. The maximum atomic E-state index is 12.9. The molecule has 0 saturated carbocycles. The third-order valence-corrected chi connectivity index (χ3v) is 3.89. The van der Waals surface area contributed by atoms with E-state index < -0.39 is 26.7 Å². The van der Waals surface area contributed by atoms with E-state index >= 15 is 0 Å².